The van der Waals surface area contributed by atoms with Crippen molar-refractivity contribution < 1.29 is 0 Å². The first-order valence-corrected chi connectivity index (χ1v) is 7.77. The molecule has 120 valence electrons. The third-order valence-electron chi connectivity index (χ3n) is 3.13. The van der Waals surface area contributed by atoms with Crippen molar-refractivity contribution in [1.29, 1.82) is 0 Å². The molecule has 0 unspecified atom stereocenters. The van der Waals surface area contributed by atoms with Gasteiger partial charge >= 0.3 is 0 Å². The van der Waals surface area contributed by atoms with Crippen molar-refractivity contribution in [3.8, 4) is 0 Å². The average molecular weight is 304 g/mol. The van der Waals surface area contributed by atoms with E-state index in [1.165, 1.54) is 0 Å². The quantitative estimate of drug-likeness (QED) is 0.403. The zero-order valence-corrected chi connectivity index (χ0v) is 14.6. The first-order valence-electron chi connectivity index (χ1n) is 7.77. The molecule has 0 atom stereocenters. The minimum Gasteiger partial charge on any atom is -0.0984 e. The van der Waals surface area contributed by atoms with Gasteiger partial charge in [-0.15, -0.1) is 0 Å². The molecule has 0 radical (unpaired) electrons. The SMILES string of the molecule is C=CC(=C\C=C/C)/C(C=C)=C/C=C(C=C)/C(/C=C\C=C/C)=C/C. The third-order valence-corrected chi connectivity index (χ3v) is 3.13. The normalized spacial score (nSPS) is 14.9. The molecule has 0 aromatic rings. The van der Waals surface area contributed by atoms with E-state index in [4.69, 9.17) is 0 Å². The molecular weight excluding hydrogens is 276 g/mol. The molecule has 0 fully saturated rings. The lowest BCUT2D eigenvalue weighted by atomic mass is 10.0. The first-order chi connectivity index (χ1) is 11.2. The summed E-state index contributed by atoms with van der Waals surface area (Å²) in [6.45, 7) is 17.7. The van der Waals surface area contributed by atoms with Gasteiger partial charge in [0.05, 0.1) is 0 Å². The van der Waals surface area contributed by atoms with Gasteiger partial charge in [0.2, 0.25) is 0 Å². The lowest BCUT2D eigenvalue weighted by Gasteiger charge is -2.04. The summed E-state index contributed by atoms with van der Waals surface area (Å²) in [4.78, 5) is 0. The zero-order valence-electron chi connectivity index (χ0n) is 14.6. The Hall–Kier alpha value is -2.60. The monoisotopic (exact) mass is 304 g/mol. The summed E-state index contributed by atoms with van der Waals surface area (Å²) in [6, 6.07) is 0. The standard InChI is InChI=1S/C23H28/c1-7-13-15-17-21(10-4)23(12-6)19-18-22(11-5)20(9-3)16-14-8-2/h7-19H,3,5-6H2,1-2,4H3/b13-7-,14-8-,17-15-,20-16+,21-10+,22-18+,23-19+. The summed E-state index contributed by atoms with van der Waals surface area (Å²) in [5.74, 6) is 0. The van der Waals surface area contributed by atoms with Crippen LogP contribution < -0.4 is 0 Å². The Bertz CT molecular complexity index is 608. The van der Waals surface area contributed by atoms with Crippen molar-refractivity contribution >= 4 is 0 Å². The largest absolute Gasteiger partial charge is 0.0984 e. The van der Waals surface area contributed by atoms with Crippen LogP contribution in [-0.4, -0.2) is 0 Å². The van der Waals surface area contributed by atoms with Crippen LogP contribution >= 0.6 is 0 Å². The molecule has 0 heteroatoms. The highest BCUT2D eigenvalue weighted by Crippen LogP contribution is 2.17. The topological polar surface area (TPSA) is 0 Å². The molecule has 0 aromatic heterocycles. The van der Waals surface area contributed by atoms with Crippen LogP contribution in [0.3, 0.4) is 0 Å². The van der Waals surface area contributed by atoms with Crippen molar-refractivity contribution in [1.82, 2.24) is 0 Å². The Kier molecular flexibility index (Phi) is 11.6. The van der Waals surface area contributed by atoms with E-state index in [1.54, 1.807) is 0 Å². The fraction of sp³-hybridized carbons (Fsp3) is 0.130. The Morgan fingerprint density at radius 3 is 1.48 bits per heavy atom. The fourth-order valence-corrected chi connectivity index (χ4v) is 1.86. The summed E-state index contributed by atoms with van der Waals surface area (Å²) in [6.07, 6.45) is 25.8. The molecule has 0 saturated heterocycles. The lowest BCUT2D eigenvalue weighted by molar-refractivity contribution is 1.48. The predicted molar refractivity (Wildman–Crippen MR) is 107 cm³/mol. The Morgan fingerprint density at radius 2 is 1.04 bits per heavy atom. The van der Waals surface area contributed by atoms with Gasteiger partial charge in [0.25, 0.3) is 0 Å². The summed E-state index contributed by atoms with van der Waals surface area (Å²) in [5.41, 5.74) is 4.23. The van der Waals surface area contributed by atoms with Gasteiger partial charge in [-0.25, -0.2) is 0 Å². The number of hydrogen-bond acceptors (Lipinski definition) is 0. The smallest absolute Gasteiger partial charge is 0.0190 e. The van der Waals surface area contributed by atoms with Crippen LogP contribution in [0, 0.1) is 0 Å². The van der Waals surface area contributed by atoms with Crippen molar-refractivity contribution in [3.63, 3.8) is 0 Å². The van der Waals surface area contributed by atoms with Crippen LogP contribution in [0.1, 0.15) is 20.8 Å². The molecule has 0 aromatic carbocycles. The molecule has 0 bridgehead atoms. The predicted octanol–water partition coefficient (Wildman–Crippen LogP) is 6.98. The first kappa shape index (κ1) is 20.4. The maximum atomic E-state index is 3.91. The van der Waals surface area contributed by atoms with Gasteiger partial charge in [-0.05, 0) is 43.1 Å². The van der Waals surface area contributed by atoms with Gasteiger partial charge in [0, 0.05) is 0 Å². The second kappa shape index (κ2) is 13.1. The summed E-state index contributed by atoms with van der Waals surface area (Å²) >= 11 is 0. The van der Waals surface area contributed by atoms with Crippen LogP contribution in [-0.2, 0) is 0 Å². The minimum atomic E-state index is 1.02. The molecule has 0 spiro atoms. The number of hydrogen-bond donors (Lipinski definition) is 0. The summed E-state index contributed by atoms with van der Waals surface area (Å²) in [7, 11) is 0. The van der Waals surface area contributed by atoms with Gasteiger partial charge in [-0.3, -0.25) is 0 Å². The Labute approximate surface area is 142 Å². The van der Waals surface area contributed by atoms with Crippen molar-refractivity contribution in [2.75, 3.05) is 0 Å². The average Bonchev–Trinajstić information content (AvgIpc) is 2.58. The van der Waals surface area contributed by atoms with E-state index in [-0.39, 0.29) is 0 Å². The van der Waals surface area contributed by atoms with Gasteiger partial charge in [0.1, 0.15) is 0 Å². The van der Waals surface area contributed by atoms with Crippen LogP contribution in [0.4, 0.5) is 0 Å². The van der Waals surface area contributed by atoms with Gasteiger partial charge in [0.15, 0.2) is 0 Å². The maximum absolute atomic E-state index is 3.91. The molecular formula is C23H28. The van der Waals surface area contributed by atoms with Gasteiger partial charge < -0.3 is 0 Å². The van der Waals surface area contributed by atoms with E-state index in [2.05, 4.69) is 31.9 Å². The minimum absolute atomic E-state index is 1.02. The molecule has 23 heavy (non-hydrogen) atoms. The van der Waals surface area contributed by atoms with Crippen molar-refractivity contribution in [3.05, 3.63) is 121 Å². The Balaban J connectivity index is 5.71. The highest BCUT2D eigenvalue weighted by molar-refractivity contribution is 5.52. The zero-order chi connectivity index (χ0) is 17.5. The fourth-order valence-electron chi connectivity index (χ4n) is 1.86. The van der Waals surface area contributed by atoms with E-state index in [0.29, 0.717) is 0 Å². The summed E-state index contributed by atoms with van der Waals surface area (Å²) < 4.78 is 0. The Morgan fingerprint density at radius 1 is 0.565 bits per heavy atom. The van der Waals surface area contributed by atoms with E-state index in [1.807, 2.05) is 87.6 Å². The van der Waals surface area contributed by atoms with Crippen molar-refractivity contribution in [2.24, 2.45) is 0 Å². The second-order valence-corrected chi connectivity index (χ2v) is 4.63. The molecule has 0 saturated carbocycles. The highest BCUT2D eigenvalue weighted by Gasteiger charge is 1.98. The van der Waals surface area contributed by atoms with Gasteiger partial charge in [-0.2, -0.15) is 0 Å². The molecule has 0 aliphatic heterocycles. The highest BCUT2D eigenvalue weighted by atomic mass is 14.0. The van der Waals surface area contributed by atoms with Crippen molar-refractivity contribution in [2.45, 2.75) is 20.8 Å². The van der Waals surface area contributed by atoms with E-state index in [9.17, 15) is 0 Å². The second-order valence-electron chi connectivity index (χ2n) is 4.63. The van der Waals surface area contributed by atoms with Gasteiger partial charge in [-0.1, -0.05) is 98.7 Å². The number of allylic oxidation sites excluding steroid dienone is 17. The summed E-state index contributed by atoms with van der Waals surface area (Å²) in [5, 5.41) is 0. The molecule has 0 nitrogen and oxygen atoms in total. The van der Waals surface area contributed by atoms with Crippen LogP contribution in [0.2, 0.25) is 0 Å². The van der Waals surface area contributed by atoms with Crippen LogP contribution in [0.5, 0.6) is 0 Å². The van der Waals surface area contributed by atoms with Crippen LogP contribution in [0.15, 0.2) is 121 Å². The molecule has 0 aliphatic carbocycles. The van der Waals surface area contributed by atoms with E-state index >= 15 is 0 Å². The lowest BCUT2D eigenvalue weighted by Crippen LogP contribution is -1.85. The molecule has 0 aliphatic rings. The molecule has 0 amide bonds. The molecule has 0 rings (SSSR count). The molecule has 0 N–H and O–H groups in total. The molecule has 0 heterocycles. The third kappa shape index (κ3) is 7.82. The van der Waals surface area contributed by atoms with Crippen LogP contribution in [0.25, 0.3) is 0 Å². The maximum Gasteiger partial charge on any atom is -0.0190 e. The van der Waals surface area contributed by atoms with E-state index < -0.39 is 0 Å². The number of rotatable bonds is 9. The van der Waals surface area contributed by atoms with E-state index in [0.717, 1.165) is 22.3 Å².